The Balaban J connectivity index is 0.000000433. The number of rotatable bonds is 4. The summed E-state index contributed by atoms with van der Waals surface area (Å²) in [6.07, 6.45) is 2.88. The summed E-state index contributed by atoms with van der Waals surface area (Å²) in [7, 11) is 0. The average molecular weight is 881 g/mol. The van der Waals surface area contributed by atoms with E-state index >= 15 is 0 Å². The van der Waals surface area contributed by atoms with Crippen LogP contribution in [0.4, 0.5) is 0 Å². The smallest absolute Gasteiger partial charge is 0.276 e. The Kier molecular flexibility index (Phi) is 16.7. The molecule has 4 atom stereocenters. The molecular weight excluding hydrogens is 843 g/mol. The van der Waals surface area contributed by atoms with E-state index in [4.69, 9.17) is 9.47 Å². The van der Waals surface area contributed by atoms with Crippen LogP contribution in [0.1, 0.15) is 96.1 Å². The monoisotopic (exact) mass is 881 g/mol. The van der Waals surface area contributed by atoms with Crippen LogP contribution in [0.5, 0.6) is 11.5 Å². The average Bonchev–Trinajstić information content (AvgIpc) is 3.36. The van der Waals surface area contributed by atoms with Gasteiger partial charge in [0.05, 0.1) is 43.5 Å². The number of aromatic hydroxyl groups is 2. The number of ketones is 2. The quantitative estimate of drug-likeness (QED) is 0.430. The Hall–Kier alpha value is -0.988. The van der Waals surface area contributed by atoms with E-state index in [1.165, 1.54) is 26.4 Å². The number of hydrogen-bond acceptors (Lipinski definition) is 10. The number of ether oxygens (including phenoxy) is 2. The van der Waals surface area contributed by atoms with Crippen molar-refractivity contribution in [2.45, 2.75) is 92.0 Å². The van der Waals surface area contributed by atoms with Crippen molar-refractivity contribution in [3.63, 3.8) is 0 Å². The Morgan fingerprint density at radius 3 is 1.57 bits per heavy atom. The van der Waals surface area contributed by atoms with Crippen molar-refractivity contribution in [2.75, 3.05) is 13.2 Å². The first-order valence-corrected chi connectivity index (χ1v) is 14.3. The summed E-state index contributed by atoms with van der Waals surface area (Å²) < 4.78 is 14.1. The first-order chi connectivity index (χ1) is 20.4. The molecule has 0 spiro atoms. The van der Waals surface area contributed by atoms with Gasteiger partial charge >= 0.3 is 0 Å². The van der Waals surface area contributed by atoms with Gasteiger partial charge in [-0.3, -0.25) is 28.8 Å². The Labute approximate surface area is 347 Å². The number of carbonyl (C=O) groups is 4. The number of nitrogens with zero attached hydrogens (tertiary/aromatic N) is 4. The molecule has 14 nitrogen and oxygen atoms in total. The zero-order valence-corrected chi connectivity index (χ0v) is 34.6. The first-order valence-electron chi connectivity index (χ1n) is 14.3. The normalized spacial score (nSPS) is 21.9. The second-order valence-corrected chi connectivity index (χ2v) is 11.0. The molecule has 2 amide bonds. The molecule has 6 rings (SSSR count). The second kappa shape index (κ2) is 17.8. The van der Waals surface area contributed by atoms with Crippen LogP contribution in [-0.4, -0.2) is 90.3 Å². The van der Waals surface area contributed by atoms with Crippen molar-refractivity contribution >= 4 is 23.4 Å². The summed E-state index contributed by atoms with van der Waals surface area (Å²) in [6.45, 7) is 8.59. The van der Waals surface area contributed by atoms with Crippen molar-refractivity contribution in [2.24, 2.45) is 0 Å². The van der Waals surface area contributed by atoms with Crippen molar-refractivity contribution in [1.82, 2.24) is 18.9 Å². The van der Waals surface area contributed by atoms with Gasteiger partial charge in [0.15, 0.2) is 46.9 Å². The standard InChI is InChI=1S/C15H18N2O5.C14H16N2O5.CH4.3Y/c1-3-10(18)9-6-16-7-11-17(8(2)4-5-22-11)15(21)12(16)14(20)13(9)19;1-3-9(17)8-4-15-5-10-16(7(2)6-21-10)14(20)11(15)13(19)12(8)18;;;;/h6,8,11,20H,3-5,7H2,1-2H3;4,7,10,19H,3,5-6H2,1-2H3;1H4;;;/t8-,11+;7-,10+;;;;/m10..../s1. The van der Waals surface area contributed by atoms with Crippen LogP contribution in [-0.2, 0) is 121 Å². The second-order valence-electron chi connectivity index (χ2n) is 11.0. The van der Waals surface area contributed by atoms with Crippen LogP contribution in [0.15, 0.2) is 22.0 Å². The molecule has 0 saturated carbocycles. The zero-order chi connectivity index (χ0) is 31.3. The number of carbonyl (C=O) groups excluding carboxylic acids is 4. The number of pyridine rings is 2. The number of fused-ring (bicyclic) bond motifs is 4. The minimum Gasteiger partial charge on any atom is -0.503 e. The molecule has 247 valence electrons. The van der Waals surface area contributed by atoms with Gasteiger partial charge in [0.1, 0.15) is 0 Å². The summed E-state index contributed by atoms with van der Waals surface area (Å²) in [4.78, 5) is 76.0. The summed E-state index contributed by atoms with van der Waals surface area (Å²) >= 11 is 0. The van der Waals surface area contributed by atoms with E-state index < -0.39 is 46.6 Å². The molecule has 17 heteroatoms. The SMILES string of the molecule is C.CCC(=O)c1cn2c(c(O)c1=O)C(=O)N1[C@@H](C)CO[C@@H]1C2.CCC(=O)c1cn2c(c(O)c1=O)C(=O)N1[C@H](C)CCO[C@H]1C2.[Y].[Y].[Y]. The van der Waals surface area contributed by atoms with Crippen LogP contribution < -0.4 is 10.9 Å². The van der Waals surface area contributed by atoms with Gasteiger partial charge in [-0.1, -0.05) is 21.3 Å². The van der Waals surface area contributed by atoms with Crippen molar-refractivity contribution in [1.29, 1.82) is 0 Å². The molecule has 0 unspecified atom stereocenters. The molecule has 0 aliphatic carbocycles. The molecular formula is C30H38N4O10Y3. The maximum atomic E-state index is 12.6. The maximum absolute atomic E-state index is 12.6. The van der Waals surface area contributed by atoms with Gasteiger partial charge in [-0.25, -0.2) is 0 Å². The van der Waals surface area contributed by atoms with Crippen molar-refractivity contribution in [3.05, 3.63) is 55.4 Å². The fourth-order valence-electron chi connectivity index (χ4n) is 5.91. The molecule has 4 aliphatic rings. The van der Waals surface area contributed by atoms with Crippen LogP contribution in [0.25, 0.3) is 0 Å². The van der Waals surface area contributed by atoms with Crippen LogP contribution in [0.2, 0.25) is 0 Å². The van der Waals surface area contributed by atoms with Crippen LogP contribution in [0.3, 0.4) is 0 Å². The summed E-state index contributed by atoms with van der Waals surface area (Å²) in [5.74, 6) is -2.91. The van der Waals surface area contributed by atoms with E-state index in [0.717, 1.165) is 0 Å². The molecule has 3 radical (unpaired) electrons. The van der Waals surface area contributed by atoms with Gasteiger partial charge in [-0.2, -0.15) is 0 Å². The van der Waals surface area contributed by atoms with Gasteiger partial charge < -0.3 is 38.6 Å². The largest absolute Gasteiger partial charge is 0.503 e. The predicted molar refractivity (Wildman–Crippen MR) is 156 cm³/mol. The number of Topliss-reactive ketones (excluding diaryl/α,β-unsaturated/α-hetero) is 2. The van der Waals surface area contributed by atoms with Gasteiger partial charge in [0.2, 0.25) is 10.9 Å². The molecule has 2 aromatic heterocycles. The zero-order valence-electron chi connectivity index (χ0n) is 26.1. The number of aromatic nitrogens is 2. The van der Waals surface area contributed by atoms with E-state index in [1.807, 2.05) is 13.8 Å². The number of amides is 2. The molecule has 47 heavy (non-hydrogen) atoms. The van der Waals surface area contributed by atoms with E-state index in [-0.39, 0.29) is 165 Å². The summed E-state index contributed by atoms with van der Waals surface area (Å²) in [6, 6.07) is -0.130. The molecule has 6 heterocycles. The minimum atomic E-state index is -0.785. The molecule has 2 saturated heterocycles. The van der Waals surface area contributed by atoms with E-state index in [9.17, 15) is 39.0 Å². The van der Waals surface area contributed by atoms with Gasteiger partial charge in [-0.15, -0.1) is 0 Å². The summed E-state index contributed by atoms with van der Waals surface area (Å²) in [5, 5.41) is 20.2. The third kappa shape index (κ3) is 8.00. The Bertz CT molecular complexity index is 1660. The van der Waals surface area contributed by atoms with E-state index in [2.05, 4.69) is 0 Å². The topological polar surface area (TPSA) is 178 Å². The third-order valence-corrected chi connectivity index (χ3v) is 8.28. The fourth-order valence-corrected chi connectivity index (χ4v) is 5.91. The fraction of sp³-hybridized carbons (Fsp3) is 0.533. The molecule has 2 aromatic rings. The summed E-state index contributed by atoms with van der Waals surface area (Å²) in [5.41, 5.74) is -1.88. The first kappa shape index (κ1) is 44.0. The van der Waals surface area contributed by atoms with Crippen molar-refractivity contribution in [3.8, 4) is 11.5 Å². The molecule has 2 fully saturated rings. The van der Waals surface area contributed by atoms with Crippen molar-refractivity contribution < 1.29 is 137 Å². The molecule has 0 bridgehead atoms. The van der Waals surface area contributed by atoms with Gasteiger partial charge in [0.25, 0.3) is 11.8 Å². The molecule has 2 N–H and O–H groups in total. The third-order valence-electron chi connectivity index (χ3n) is 8.28. The van der Waals surface area contributed by atoms with E-state index in [1.54, 1.807) is 18.7 Å². The Morgan fingerprint density at radius 1 is 0.745 bits per heavy atom. The predicted octanol–water partition coefficient (Wildman–Crippen LogP) is 1.71. The van der Waals surface area contributed by atoms with Crippen LogP contribution >= 0.6 is 0 Å². The van der Waals surface area contributed by atoms with Gasteiger partial charge in [0, 0.05) is 129 Å². The Morgan fingerprint density at radius 2 is 1.15 bits per heavy atom. The molecule has 0 aromatic carbocycles. The van der Waals surface area contributed by atoms with Crippen LogP contribution in [0, 0.1) is 0 Å². The molecule has 4 aliphatic heterocycles. The minimum absolute atomic E-state index is 0. The maximum Gasteiger partial charge on any atom is 0.276 e. The van der Waals surface area contributed by atoms with E-state index in [0.29, 0.717) is 32.7 Å². The number of hydrogen-bond donors (Lipinski definition) is 2. The van der Waals surface area contributed by atoms with Gasteiger partial charge in [-0.05, 0) is 20.3 Å².